The molecule has 0 spiro atoms. The fourth-order valence-electron chi connectivity index (χ4n) is 2.29. The van der Waals surface area contributed by atoms with Crippen molar-refractivity contribution in [3.63, 3.8) is 0 Å². The Bertz CT molecular complexity index is 615. The number of hydrogen-bond acceptors (Lipinski definition) is 2. The Morgan fingerprint density at radius 2 is 1.90 bits per heavy atom. The number of rotatable bonds is 4. The van der Waals surface area contributed by atoms with Gasteiger partial charge in [0.15, 0.2) is 0 Å². The van der Waals surface area contributed by atoms with E-state index in [2.05, 4.69) is 81.1 Å². The van der Waals surface area contributed by atoms with E-state index in [-0.39, 0.29) is 6.04 Å². The molecule has 0 aliphatic carbocycles. The molecule has 0 fully saturated rings. The van der Waals surface area contributed by atoms with Crippen LogP contribution in [0.15, 0.2) is 40.9 Å². The largest absolute Gasteiger partial charge is 0.496 e. The van der Waals surface area contributed by atoms with Gasteiger partial charge < -0.3 is 10.1 Å². The van der Waals surface area contributed by atoms with Crippen LogP contribution in [0, 0.1) is 10.5 Å². The second kappa shape index (κ2) is 6.91. The molecule has 0 aromatic heterocycles. The summed E-state index contributed by atoms with van der Waals surface area (Å²) >= 11 is 5.93. The zero-order chi connectivity index (χ0) is 14.7. The van der Waals surface area contributed by atoms with Crippen LogP contribution >= 0.6 is 38.5 Å². The van der Waals surface area contributed by atoms with Crippen LogP contribution in [-0.4, -0.2) is 14.2 Å². The molecule has 2 aromatic carbocycles. The minimum atomic E-state index is 0.106. The van der Waals surface area contributed by atoms with Crippen LogP contribution in [-0.2, 0) is 0 Å². The molecule has 1 atom stereocenters. The number of benzene rings is 2. The van der Waals surface area contributed by atoms with E-state index in [1.165, 1.54) is 14.7 Å². The molecule has 0 saturated heterocycles. The first kappa shape index (κ1) is 15.8. The van der Waals surface area contributed by atoms with Gasteiger partial charge in [-0.1, -0.05) is 33.6 Å². The second-order valence-electron chi connectivity index (χ2n) is 4.63. The maximum Gasteiger partial charge on any atom is 0.123 e. The molecule has 2 rings (SSSR count). The SMILES string of the molecule is CNC(c1cc(Br)ccc1I)c1cc(C)ccc1OC. The molecule has 0 bridgehead atoms. The van der Waals surface area contributed by atoms with Gasteiger partial charge in [0, 0.05) is 13.6 Å². The average molecular weight is 446 g/mol. The minimum absolute atomic E-state index is 0.106. The molecule has 2 aromatic rings. The first-order valence-corrected chi connectivity index (χ1v) is 8.20. The third-order valence-electron chi connectivity index (χ3n) is 3.25. The second-order valence-corrected chi connectivity index (χ2v) is 6.71. The summed E-state index contributed by atoms with van der Waals surface area (Å²) in [6.45, 7) is 2.10. The van der Waals surface area contributed by atoms with E-state index in [1.807, 2.05) is 13.1 Å². The van der Waals surface area contributed by atoms with E-state index in [9.17, 15) is 0 Å². The van der Waals surface area contributed by atoms with E-state index >= 15 is 0 Å². The highest BCUT2D eigenvalue weighted by Gasteiger charge is 2.19. The number of methoxy groups -OCH3 is 1. The van der Waals surface area contributed by atoms with Crippen LogP contribution in [0.4, 0.5) is 0 Å². The average Bonchev–Trinajstić information content (AvgIpc) is 2.44. The number of hydrogen-bond donors (Lipinski definition) is 1. The molecule has 0 heterocycles. The van der Waals surface area contributed by atoms with Gasteiger partial charge in [-0.15, -0.1) is 0 Å². The van der Waals surface area contributed by atoms with Crippen molar-refractivity contribution >= 4 is 38.5 Å². The van der Waals surface area contributed by atoms with Gasteiger partial charge in [-0.2, -0.15) is 0 Å². The van der Waals surface area contributed by atoms with E-state index in [0.29, 0.717) is 0 Å². The Morgan fingerprint density at radius 3 is 2.55 bits per heavy atom. The summed E-state index contributed by atoms with van der Waals surface area (Å²) in [5, 5.41) is 3.40. The summed E-state index contributed by atoms with van der Waals surface area (Å²) in [5.74, 6) is 0.908. The molecule has 0 aliphatic rings. The summed E-state index contributed by atoms with van der Waals surface area (Å²) in [4.78, 5) is 0. The smallest absolute Gasteiger partial charge is 0.123 e. The molecule has 106 valence electrons. The van der Waals surface area contributed by atoms with E-state index < -0.39 is 0 Å². The Balaban J connectivity index is 2.57. The van der Waals surface area contributed by atoms with Crippen molar-refractivity contribution in [2.45, 2.75) is 13.0 Å². The Hall–Kier alpha value is -0.590. The number of nitrogens with one attached hydrogen (secondary N) is 1. The minimum Gasteiger partial charge on any atom is -0.496 e. The van der Waals surface area contributed by atoms with Crippen LogP contribution in [0.5, 0.6) is 5.75 Å². The van der Waals surface area contributed by atoms with Gasteiger partial charge in [0.05, 0.1) is 13.2 Å². The number of aryl methyl sites for hydroxylation is 1. The van der Waals surface area contributed by atoms with Gasteiger partial charge in [-0.05, 0) is 66.4 Å². The van der Waals surface area contributed by atoms with Crippen LogP contribution in [0.1, 0.15) is 22.7 Å². The van der Waals surface area contributed by atoms with Crippen LogP contribution in [0.3, 0.4) is 0 Å². The lowest BCUT2D eigenvalue weighted by Crippen LogP contribution is -2.19. The Morgan fingerprint density at radius 1 is 1.15 bits per heavy atom. The highest BCUT2D eigenvalue weighted by molar-refractivity contribution is 14.1. The van der Waals surface area contributed by atoms with Gasteiger partial charge in [0.25, 0.3) is 0 Å². The molecule has 0 saturated carbocycles. The third kappa shape index (κ3) is 3.35. The lowest BCUT2D eigenvalue weighted by molar-refractivity contribution is 0.405. The van der Waals surface area contributed by atoms with Gasteiger partial charge in [0.2, 0.25) is 0 Å². The molecular formula is C16H17BrINO. The molecule has 0 aliphatic heterocycles. The van der Waals surface area contributed by atoms with Crippen molar-refractivity contribution in [1.82, 2.24) is 5.32 Å². The molecule has 2 nitrogen and oxygen atoms in total. The standard InChI is InChI=1S/C16H17BrINO/c1-10-4-7-15(20-3)13(8-10)16(19-2)12-9-11(17)5-6-14(12)18/h4-9,16,19H,1-3H3. The molecule has 20 heavy (non-hydrogen) atoms. The molecular weight excluding hydrogens is 429 g/mol. The predicted molar refractivity (Wildman–Crippen MR) is 95.5 cm³/mol. The first-order valence-electron chi connectivity index (χ1n) is 6.33. The summed E-state index contributed by atoms with van der Waals surface area (Å²) in [5.41, 5.74) is 3.63. The van der Waals surface area contributed by atoms with Crippen molar-refractivity contribution in [3.8, 4) is 5.75 Å². The quantitative estimate of drug-likeness (QED) is 0.690. The maximum absolute atomic E-state index is 5.52. The van der Waals surface area contributed by atoms with Crippen molar-refractivity contribution in [2.75, 3.05) is 14.2 Å². The lowest BCUT2D eigenvalue weighted by Gasteiger charge is -2.22. The predicted octanol–water partition coefficient (Wildman–Crippen LogP) is 4.68. The molecule has 0 radical (unpaired) electrons. The monoisotopic (exact) mass is 445 g/mol. The highest BCUT2D eigenvalue weighted by Crippen LogP contribution is 2.34. The highest BCUT2D eigenvalue weighted by atomic mass is 127. The number of halogens is 2. The van der Waals surface area contributed by atoms with E-state index in [0.717, 1.165) is 15.8 Å². The van der Waals surface area contributed by atoms with Gasteiger partial charge >= 0.3 is 0 Å². The fraction of sp³-hybridized carbons (Fsp3) is 0.250. The molecule has 1 N–H and O–H groups in total. The van der Waals surface area contributed by atoms with Crippen molar-refractivity contribution in [1.29, 1.82) is 0 Å². The van der Waals surface area contributed by atoms with Crippen molar-refractivity contribution < 1.29 is 4.74 Å². The molecule has 4 heteroatoms. The fourth-order valence-corrected chi connectivity index (χ4v) is 3.32. The van der Waals surface area contributed by atoms with Crippen LogP contribution in [0.25, 0.3) is 0 Å². The Kier molecular flexibility index (Phi) is 5.46. The van der Waals surface area contributed by atoms with Gasteiger partial charge in [0.1, 0.15) is 5.75 Å². The van der Waals surface area contributed by atoms with Crippen LogP contribution < -0.4 is 10.1 Å². The normalized spacial score (nSPS) is 12.2. The van der Waals surface area contributed by atoms with Crippen molar-refractivity contribution in [3.05, 3.63) is 61.1 Å². The van der Waals surface area contributed by atoms with E-state index in [1.54, 1.807) is 7.11 Å². The maximum atomic E-state index is 5.52. The van der Waals surface area contributed by atoms with Gasteiger partial charge in [-0.3, -0.25) is 0 Å². The third-order valence-corrected chi connectivity index (χ3v) is 4.73. The summed E-state index contributed by atoms with van der Waals surface area (Å²) in [6, 6.07) is 12.7. The zero-order valence-corrected chi connectivity index (χ0v) is 15.4. The van der Waals surface area contributed by atoms with Crippen molar-refractivity contribution in [2.24, 2.45) is 0 Å². The summed E-state index contributed by atoms with van der Waals surface area (Å²) in [6.07, 6.45) is 0. The number of ether oxygens (including phenoxy) is 1. The molecule has 0 amide bonds. The zero-order valence-electron chi connectivity index (χ0n) is 11.7. The lowest BCUT2D eigenvalue weighted by atomic mass is 9.96. The van der Waals surface area contributed by atoms with E-state index in [4.69, 9.17) is 4.74 Å². The summed E-state index contributed by atoms with van der Waals surface area (Å²) in [7, 11) is 3.69. The molecule has 1 unspecified atom stereocenters. The Labute approximate surface area is 142 Å². The topological polar surface area (TPSA) is 21.3 Å². The van der Waals surface area contributed by atoms with Crippen LogP contribution in [0.2, 0.25) is 0 Å². The van der Waals surface area contributed by atoms with Gasteiger partial charge in [-0.25, -0.2) is 0 Å². The summed E-state index contributed by atoms with van der Waals surface area (Å²) < 4.78 is 7.83. The first-order chi connectivity index (χ1) is 9.56.